The third-order valence-corrected chi connectivity index (χ3v) is 4.99. The number of anilines is 1. The van der Waals surface area contributed by atoms with Crippen LogP contribution in [0, 0.1) is 11.8 Å². The number of amides is 2. The first kappa shape index (κ1) is 20.2. The molecule has 1 unspecified atom stereocenters. The lowest BCUT2D eigenvalue weighted by atomic mass is 10.1. The van der Waals surface area contributed by atoms with E-state index in [1.807, 2.05) is 0 Å². The smallest absolute Gasteiger partial charge is 0.309 e. The van der Waals surface area contributed by atoms with Crippen molar-refractivity contribution in [2.75, 3.05) is 26.6 Å². The Labute approximate surface area is 167 Å². The minimum atomic E-state index is -0.407. The molecule has 10 heteroatoms. The summed E-state index contributed by atoms with van der Waals surface area (Å²) in [5, 5.41) is 6.02. The van der Waals surface area contributed by atoms with Gasteiger partial charge in [0.15, 0.2) is 5.88 Å². The maximum absolute atomic E-state index is 12.3. The number of likely N-dealkylation sites (N-methyl/N-ethyl adjacent to an activating group) is 1. The van der Waals surface area contributed by atoms with Gasteiger partial charge >= 0.3 is 5.97 Å². The topological polar surface area (TPSA) is 138 Å². The summed E-state index contributed by atoms with van der Waals surface area (Å²) in [7, 11) is 5.96. The maximum Gasteiger partial charge on any atom is 0.309 e. The Morgan fingerprint density at radius 2 is 1.93 bits per heavy atom. The molecule has 3 rings (SSSR count). The van der Waals surface area contributed by atoms with Crippen LogP contribution in [-0.4, -0.2) is 48.6 Å². The van der Waals surface area contributed by atoms with Gasteiger partial charge in [-0.15, -0.1) is 0 Å². The highest BCUT2D eigenvalue weighted by molar-refractivity contribution is 6.20. The van der Waals surface area contributed by atoms with Crippen LogP contribution in [0.4, 0.5) is 5.82 Å². The van der Waals surface area contributed by atoms with E-state index in [-0.39, 0.29) is 29.2 Å². The first-order valence-corrected chi connectivity index (χ1v) is 8.92. The molecule has 0 aromatic carbocycles. The molecule has 1 aliphatic carbocycles. The quantitative estimate of drug-likeness (QED) is 0.360. The minimum Gasteiger partial charge on any atom is -0.482 e. The molecule has 1 aliphatic rings. The van der Waals surface area contributed by atoms with Crippen LogP contribution < -0.4 is 16.4 Å². The zero-order chi connectivity index (χ0) is 21.3. The van der Waals surface area contributed by atoms with Crippen LogP contribution in [0.3, 0.4) is 0 Å². The number of nitrogens with zero attached hydrogens (tertiary/aromatic N) is 2. The lowest BCUT2D eigenvalue weighted by Crippen LogP contribution is -2.24. The van der Waals surface area contributed by atoms with Crippen molar-refractivity contribution in [1.29, 1.82) is 0 Å². The van der Waals surface area contributed by atoms with Gasteiger partial charge in [-0.1, -0.05) is 0 Å². The van der Waals surface area contributed by atoms with Gasteiger partial charge < -0.3 is 30.4 Å². The van der Waals surface area contributed by atoms with Gasteiger partial charge in [-0.3, -0.25) is 14.4 Å². The van der Waals surface area contributed by atoms with Crippen LogP contribution in [0.5, 0.6) is 0 Å². The summed E-state index contributed by atoms with van der Waals surface area (Å²) in [6, 6.07) is 3.45. The normalized spacial score (nSPS) is 18.6. The summed E-state index contributed by atoms with van der Waals surface area (Å²) in [5.41, 5.74) is 7.34. The maximum atomic E-state index is 12.3. The molecule has 2 amide bonds. The van der Waals surface area contributed by atoms with E-state index in [0.29, 0.717) is 17.9 Å². The number of hydrogen-bond donors (Lipinski definition) is 3. The number of rotatable bonds is 6. The highest BCUT2D eigenvalue weighted by Crippen LogP contribution is 2.40. The first-order chi connectivity index (χ1) is 13.8. The fourth-order valence-electron chi connectivity index (χ4n) is 3.24. The minimum absolute atomic E-state index is 0.0145. The number of pyridine rings is 1. The van der Waals surface area contributed by atoms with Crippen molar-refractivity contribution in [1.82, 2.24) is 14.9 Å². The molecule has 0 radical (unpaired) electrons. The van der Waals surface area contributed by atoms with E-state index in [2.05, 4.69) is 20.4 Å². The Morgan fingerprint density at radius 1 is 1.21 bits per heavy atom. The highest BCUT2D eigenvalue weighted by atomic mass is 16.5. The van der Waals surface area contributed by atoms with E-state index in [9.17, 15) is 14.4 Å². The van der Waals surface area contributed by atoms with E-state index in [1.165, 1.54) is 21.3 Å². The van der Waals surface area contributed by atoms with E-state index in [4.69, 9.17) is 10.5 Å². The van der Waals surface area contributed by atoms with Gasteiger partial charge in [-0.25, -0.2) is 4.98 Å². The number of aromatic nitrogens is 2. The van der Waals surface area contributed by atoms with Gasteiger partial charge in [0, 0.05) is 19.5 Å². The van der Waals surface area contributed by atoms with Crippen molar-refractivity contribution >= 4 is 40.1 Å². The van der Waals surface area contributed by atoms with Crippen molar-refractivity contribution in [3.05, 3.63) is 29.9 Å². The van der Waals surface area contributed by atoms with Gasteiger partial charge in [0.25, 0.3) is 5.91 Å². The largest absolute Gasteiger partial charge is 0.482 e. The van der Waals surface area contributed by atoms with Crippen LogP contribution >= 0.6 is 0 Å². The summed E-state index contributed by atoms with van der Waals surface area (Å²) >= 11 is 0. The zero-order valence-electron chi connectivity index (χ0n) is 16.6. The Hall–Kier alpha value is -3.56. The number of esters is 1. The molecule has 0 bridgehead atoms. The molecule has 2 heterocycles. The standard InChI is InChI=1S/C19H23N5O5/c1-21-18(26)15(16(20)28-3)12-5-9-6-14(22-8-13(9)24(12)2)23-17(25)10-7-11(10)19(27)29-4/h5-6,8,10-11H,7,20H2,1-4H3,(H,21,26)(H,22,23,25)/t10?,11-/m0/s1. The second-order valence-corrected chi connectivity index (χ2v) is 6.70. The number of methoxy groups -OCH3 is 2. The van der Waals surface area contributed by atoms with Gasteiger partial charge in [0.2, 0.25) is 5.91 Å². The molecule has 0 spiro atoms. The molecule has 154 valence electrons. The van der Waals surface area contributed by atoms with E-state index in [0.717, 1.165) is 10.9 Å². The van der Waals surface area contributed by atoms with Crippen LogP contribution in [0.25, 0.3) is 16.5 Å². The van der Waals surface area contributed by atoms with Crippen molar-refractivity contribution < 1.29 is 23.9 Å². The average molecular weight is 401 g/mol. The first-order valence-electron chi connectivity index (χ1n) is 8.92. The van der Waals surface area contributed by atoms with Crippen molar-refractivity contribution in [3.63, 3.8) is 0 Å². The molecular weight excluding hydrogens is 378 g/mol. The van der Waals surface area contributed by atoms with Crippen molar-refractivity contribution in [2.45, 2.75) is 6.42 Å². The van der Waals surface area contributed by atoms with E-state index >= 15 is 0 Å². The lowest BCUT2D eigenvalue weighted by molar-refractivity contribution is -0.143. The molecule has 0 saturated heterocycles. The monoisotopic (exact) mass is 401 g/mol. The summed E-state index contributed by atoms with van der Waals surface area (Å²) in [6.45, 7) is 0. The van der Waals surface area contributed by atoms with Crippen LogP contribution in [0.1, 0.15) is 12.1 Å². The fourth-order valence-corrected chi connectivity index (χ4v) is 3.24. The molecule has 29 heavy (non-hydrogen) atoms. The molecule has 0 aliphatic heterocycles. The van der Waals surface area contributed by atoms with Gasteiger partial charge in [-0.2, -0.15) is 0 Å². The number of carbonyl (C=O) groups is 3. The molecule has 2 aromatic heterocycles. The van der Waals surface area contributed by atoms with E-state index < -0.39 is 11.8 Å². The van der Waals surface area contributed by atoms with Crippen molar-refractivity contribution in [3.8, 4) is 0 Å². The predicted molar refractivity (Wildman–Crippen MR) is 105 cm³/mol. The number of fused-ring (bicyclic) bond motifs is 1. The van der Waals surface area contributed by atoms with Crippen LogP contribution in [0.2, 0.25) is 0 Å². The Morgan fingerprint density at radius 3 is 2.55 bits per heavy atom. The van der Waals surface area contributed by atoms with Gasteiger partial charge in [-0.05, 0) is 18.6 Å². The Kier molecular flexibility index (Phi) is 5.44. The number of aryl methyl sites for hydroxylation is 1. The van der Waals surface area contributed by atoms with Gasteiger partial charge in [0.05, 0.1) is 43.5 Å². The SMILES string of the molecule is CNC(=O)C(=C(N)OC)c1cc2cc(NC(=O)C3C[C@@H]3C(=O)OC)ncc2n1C. The molecule has 10 nitrogen and oxygen atoms in total. The molecule has 4 N–H and O–H groups in total. The number of nitrogens with two attached hydrogens (primary N) is 1. The average Bonchev–Trinajstić information content (AvgIpc) is 3.47. The summed E-state index contributed by atoms with van der Waals surface area (Å²) < 4.78 is 11.5. The number of hydrogen-bond acceptors (Lipinski definition) is 7. The zero-order valence-corrected chi connectivity index (χ0v) is 16.6. The van der Waals surface area contributed by atoms with Gasteiger partial charge in [0.1, 0.15) is 11.4 Å². The third kappa shape index (κ3) is 3.73. The van der Waals surface area contributed by atoms with E-state index in [1.54, 1.807) is 29.9 Å². The Bertz CT molecular complexity index is 1030. The second-order valence-electron chi connectivity index (χ2n) is 6.70. The summed E-state index contributed by atoms with van der Waals surface area (Å²) in [4.78, 5) is 40.4. The third-order valence-electron chi connectivity index (χ3n) is 4.99. The molecule has 1 saturated carbocycles. The lowest BCUT2D eigenvalue weighted by Gasteiger charge is -2.11. The van der Waals surface area contributed by atoms with Crippen LogP contribution in [-0.2, 0) is 30.9 Å². The molecule has 1 fully saturated rings. The molecule has 2 atom stereocenters. The van der Waals surface area contributed by atoms with Crippen LogP contribution in [0.15, 0.2) is 24.2 Å². The van der Waals surface area contributed by atoms with Crippen molar-refractivity contribution in [2.24, 2.45) is 24.6 Å². The number of carbonyl (C=O) groups excluding carboxylic acids is 3. The predicted octanol–water partition coefficient (Wildman–Crippen LogP) is 0.341. The summed E-state index contributed by atoms with van der Waals surface area (Å²) in [5.74, 6) is -1.53. The summed E-state index contributed by atoms with van der Waals surface area (Å²) in [6.07, 6.45) is 2.05. The number of nitrogens with one attached hydrogen (secondary N) is 2. The highest BCUT2D eigenvalue weighted by Gasteiger charge is 2.49. The Balaban J connectivity index is 1.89. The molecule has 2 aromatic rings. The second kappa shape index (κ2) is 7.82. The fraction of sp³-hybridized carbons (Fsp3) is 0.368. The molecular formula is C19H23N5O5. The number of ether oxygens (including phenoxy) is 2.